The number of nitrogens with one attached hydrogen (secondary N) is 1. The lowest BCUT2D eigenvalue weighted by Crippen LogP contribution is -2.43. The summed E-state index contributed by atoms with van der Waals surface area (Å²) in [5, 5.41) is 22.7. The molecule has 0 bridgehead atoms. The van der Waals surface area contributed by atoms with E-state index in [1.54, 1.807) is 16.8 Å². The van der Waals surface area contributed by atoms with Gasteiger partial charge in [0.1, 0.15) is 0 Å². The summed E-state index contributed by atoms with van der Waals surface area (Å²) in [7, 11) is 0. The molecule has 1 heterocycles. The van der Waals surface area contributed by atoms with E-state index >= 15 is 0 Å². The molecule has 1 unspecified atom stereocenters. The van der Waals surface area contributed by atoms with Crippen molar-refractivity contribution in [3.63, 3.8) is 0 Å². The Morgan fingerprint density at radius 1 is 1.57 bits per heavy atom. The monoisotopic (exact) mass is 215 g/mol. The van der Waals surface area contributed by atoms with Crippen molar-refractivity contribution in [3.05, 3.63) is 22.4 Å². The van der Waals surface area contributed by atoms with Crippen LogP contribution >= 0.6 is 11.3 Å². The molecule has 76 valence electrons. The summed E-state index contributed by atoms with van der Waals surface area (Å²) in [6.45, 7) is -0.620. The third-order valence-electron chi connectivity index (χ3n) is 1.57. The van der Waals surface area contributed by atoms with Crippen molar-refractivity contribution in [2.45, 2.75) is 6.04 Å². The standard InChI is InChI=1S/C8H9NO4S/c10-3-6(8(12)13)9-7(11)5-1-2-14-4-5/h1-2,4,6,10H,3H2,(H,9,11)(H,12,13). The van der Waals surface area contributed by atoms with E-state index < -0.39 is 24.5 Å². The predicted octanol–water partition coefficient (Wildman–Crippen LogP) is -0.0766. The third-order valence-corrected chi connectivity index (χ3v) is 2.25. The molecule has 6 heteroatoms. The van der Waals surface area contributed by atoms with Crippen molar-refractivity contribution in [1.82, 2.24) is 5.32 Å². The molecule has 0 saturated carbocycles. The van der Waals surface area contributed by atoms with Gasteiger partial charge in [-0.05, 0) is 11.4 Å². The van der Waals surface area contributed by atoms with Gasteiger partial charge < -0.3 is 15.5 Å². The van der Waals surface area contributed by atoms with Gasteiger partial charge in [-0.15, -0.1) is 0 Å². The maximum atomic E-state index is 11.3. The predicted molar refractivity (Wildman–Crippen MR) is 50.3 cm³/mol. The molecule has 3 N–H and O–H groups in total. The molecule has 0 aliphatic rings. The van der Waals surface area contributed by atoms with Gasteiger partial charge in [-0.3, -0.25) is 4.79 Å². The normalized spacial score (nSPS) is 12.1. The molecule has 0 aromatic carbocycles. The zero-order chi connectivity index (χ0) is 10.6. The Balaban J connectivity index is 2.60. The molecule has 0 spiro atoms. The average Bonchev–Trinajstić information content (AvgIpc) is 2.65. The minimum Gasteiger partial charge on any atom is -0.480 e. The molecule has 1 atom stereocenters. The lowest BCUT2D eigenvalue weighted by Gasteiger charge is -2.10. The number of carboxylic acid groups (broad SMARTS) is 1. The van der Waals surface area contributed by atoms with Gasteiger partial charge in [-0.2, -0.15) is 11.3 Å². The molecule has 14 heavy (non-hydrogen) atoms. The largest absolute Gasteiger partial charge is 0.480 e. The van der Waals surface area contributed by atoms with Gasteiger partial charge in [0.25, 0.3) is 5.91 Å². The number of amides is 1. The first-order valence-corrected chi connectivity index (χ1v) is 4.76. The average molecular weight is 215 g/mol. The number of hydrogen-bond donors (Lipinski definition) is 3. The number of carbonyl (C=O) groups is 2. The Kier molecular flexibility index (Phi) is 3.61. The summed E-state index contributed by atoms with van der Waals surface area (Å²) >= 11 is 1.34. The molecular formula is C8H9NO4S. The Morgan fingerprint density at radius 3 is 2.71 bits per heavy atom. The van der Waals surface area contributed by atoms with E-state index in [1.165, 1.54) is 11.3 Å². The van der Waals surface area contributed by atoms with E-state index in [2.05, 4.69) is 5.32 Å². The fraction of sp³-hybridized carbons (Fsp3) is 0.250. The van der Waals surface area contributed by atoms with Crippen LogP contribution in [0, 0.1) is 0 Å². The molecule has 0 radical (unpaired) electrons. The highest BCUT2D eigenvalue weighted by Crippen LogP contribution is 2.05. The molecule has 5 nitrogen and oxygen atoms in total. The van der Waals surface area contributed by atoms with Gasteiger partial charge >= 0.3 is 5.97 Å². The first-order valence-electron chi connectivity index (χ1n) is 3.82. The summed E-state index contributed by atoms with van der Waals surface area (Å²) in [4.78, 5) is 21.8. The molecule has 0 fully saturated rings. The van der Waals surface area contributed by atoms with Crippen molar-refractivity contribution in [2.75, 3.05) is 6.61 Å². The summed E-state index contributed by atoms with van der Waals surface area (Å²) in [5.41, 5.74) is 0.398. The molecule has 1 aromatic rings. The molecule has 1 rings (SSSR count). The first kappa shape index (κ1) is 10.7. The highest BCUT2D eigenvalue weighted by molar-refractivity contribution is 7.08. The molecule has 0 aliphatic carbocycles. The number of thiophene rings is 1. The zero-order valence-corrected chi connectivity index (χ0v) is 7.95. The van der Waals surface area contributed by atoms with Crippen LogP contribution < -0.4 is 5.32 Å². The van der Waals surface area contributed by atoms with Gasteiger partial charge in [-0.25, -0.2) is 4.79 Å². The summed E-state index contributed by atoms with van der Waals surface area (Å²) in [6, 6.07) is 0.332. The van der Waals surface area contributed by atoms with Crippen LogP contribution in [0.3, 0.4) is 0 Å². The van der Waals surface area contributed by atoms with Crippen LogP contribution in [0.2, 0.25) is 0 Å². The van der Waals surface area contributed by atoms with Crippen LogP contribution in [0.4, 0.5) is 0 Å². The third kappa shape index (κ3) is 2.54. The zero-order valence-electron chi connectivity index (χ0n) is 7.14. The second kappa shape index (κ2) is 4.73. The second-order valence-electron chi connectivity index (χ2n) is 2.56. The Morgan fingerprint density at radius 2 is 2.29 bits per heavy atom. The highest BCUT2D eigenvalue weighted by Gasteiger charge is 2.19. The number of rotatable bonds is 4. The Bertz CT molecular complexity index is 322. The van der Waals surface area contributed by atoms with Crippen molar-refractivity contribution >= 4 is 23.2 Å². The van der Waals surface area contributed by atoms with Crippen molar-refractivity contribution < 1.29 is 19.8 Å². The lowest BCUT2D eigenvalue weighted by atomic mass is 10.2. The van der Waals surface area contributed by atoms with Crippen LogP contribution in [-0.2, 0) is 4.79 Å². The fourth-order valence-corrected chi connectivity index (χ4v) is 1.46. The van der Waals surface area contributed by atoms with Gasteiger partial charge in [0, 0.05) is 5.38 Å². The summed E-state index contributed by atoms with van der Waals surface area (Å²) in [5.74, 6) is -1.75. The minimum absolute atomic E-state index is 0.398. The summed E-state index contributed by atoms with van der Waals surface area (Å²) in [6.07, 6.45) is 0. The lowest BCUT2D eigenvalue weighted by molar-refractivity contribution is -0.140. The first-order chi connectivity index (χ1) is 6.65. The molecule has 1 amide bonds. The molecule has 0 saturated heterocycles. The van der Waals surface area contributed by atoms with Crippen LogP contribution in [0.1, 0.15) is 10.4 Å². The van der Waals surface area contributed by atoms with Gasteiger partial charge in [0.15, 0.2) is 6.04 Å². The van der Waals surface area contributed by atoms with Gasteiger partial charge in [0.2, 0.25) is 0 Å². The van der Waals surface area contributed by atoms with Crippen molar-refractivity contribution in [1.29, 1.82) is 0 Å². The molecular weight excluding hydrogens is 206 g/mol. The number of carbonyl (C=O) groups excluding carboxylic acids is 1. The quantitative estimate of drug-likeness (QED) is 0.655. The van der Waals surface area contributed by atoms with Gasteiger partial charge in [0.05, 0.1) is 12.2 Å². The number of aliphatic carboxylic acids is 1. The van der Waals surface area contributed by atoms with E-state index in [4.69, 9.17) is 10.2 Å². The summed E-state index contributed by atoms with van der Waals surface area (Å²) < 4.78 is 0. The maximum Gasteiger partial charge on any atom is 0.328 e. The van der Waals surface area contributed by atoms with E-state index in [1.807, 2.05) is 0 Å². The van der Waals surface area contributed by atoms with Crippen LogP contribution in [0.5, 0.6) is 0 Å². The Hall–Kier alpha value is -1.40. The Labute approximate surface area is 84.0 Å². The van der Waals surface area contributed by atoms with Crippen LogP contribution in [0.25, 0.3) is 0 Å². The van der Waals surface area contributed by atoms with Crippen molar-refractivity contribution in [2.24, 2.45) is 0 Å². The topological polar surface area (TPSA) is 86.6 Å². The van der Waals surface area contributed by atoms with Crippen LogP contribution in [0.15, 0.2) is 16.8 Å². The second-order valence-corrected chi connectivity index (χ2v) is 3.34. The van der Waals surface area contributed by atoms with Crippen LogP contribution in [-0.4, -0.2) is 34.7 Å². The number of carboxylic acids is 1. The fourth-order valence-electron chi connectivity index (χ4n) is 0.821. The van der Waals surface area contributed by atoms with Crippen molar-refractivity contribution in [3.8, 4) is 0 Å². The van der Waals surface area contributed by atoms with E-state index in [0.717, 1.165) is 0 Å². The van der Waals surface area contributed by atoms with E-state index in [0.29, 0.717) is 5.56 Å². The number of hydrogen-bond acceptors (Lipinski definition) is 4. The maximum absolute atomic E-state index is 11.3. The number of aliphatic hydroxyl groups excluding tert-OH is 1. The SMILES string of the molecule is O=C(NC(CO)C(=O)O)c1ccsc1. The molecule has 0 aliphatic heterocycles. The smallest absolute Gasteiger partial charge is 0.328 e. The number of aliphatic hydroxyl groups is 1. The minimum atomic E-state index is -1.25. The van der Waals surface area contributed by atoms with Gasteiger partial charge in [-0.1, -0.05) is 0 Å². The van der Waals surface area contributed by atoms with E-state index in [-0.39, 0.29) is 0 Å². The molecule has 1 aromatic heterocycles. The van der Waals surface area contributed by atoms with E-state index in [9.17, 15) is 9.59 Å². The highest BCUT2D eigenvalue weighted by atomic mass is 32.1.